The molecule has 2 saturated carbocycles. The number of carboxylic acid groups (broad SMARTS) is 1. The van der Waals surface area contributed by atoms with Gasteiger partial charge in [-0.2, -0.15) is 4.98 Å². The Labute approximate surface area is 239 Å². The van der Waals surface area contributed by atoms with E-state index in [1.165, 1.54) is 0 Å². The van der Waals surface area contributed by atoms with Crippen molar-refractivity contribution in [3.63, 3.8) is 0 Å². The van der Waals surface area contributed by atoms with E-state index in [9.17, 15) is 19.5 Å². The standard InChI is InChI=1S/C29H28IN3O6/c1-2-38-28(37)29(16-23(29)30)33-26(34)20-13-19(14-21(20)27(35)36)39-24-15-22(17-9-5-3-6-10-17)31-25(32-24)18-11-7-4-8-12-18/h3-12,15,19-21,23H,2,13-14,16H2,1H3,(H,33,34)(H,35,36)/t19-,20-,21-,23-,29-/m1/s1. The zero-order chi connectivity index (χ0) is 27.6. The van der Waals surface area contributed by atoms with E-state index in [0.717, 1.165) is 11.1 Å². The van der Waals surface area contributed by atoms with Gasteiger partial charge in [-0.05, 0) is 26.2 Å². The molecule has 2 aliphatic rings. The number of nitrogens with zero attached hydrogens (tertiary/aromatic N) is 2. The molecule has 1 amide bonds. The number of benzene rings is 2. The molecule has 2 N–H and O–H groups in total. The van der Waals surface area contributed by atoms with Crippen molar-refractivity contribution in [3.05, 3.63) is 66.7 Å². The van der Waals surface area contributed by atoms with E-state index in [1.807, 2.05) is 60.7 Å². The van der Waals surface area contributed by atoms with Gasteiger partial charge in [-0.3, -0.25) is 9.59 Å². The minimum absolute atomic E-state index is 0.108. The van der Waals surface area contributed by atoms with Gasteiger partial charge in [-0.15, -0.1) is 0 Å². The highest BCUT2D eigenvalue weighted by Crippen LogP contribution is 2.45. The molecule has 2 aliphatic carbocycles. The number of carbonyl (C=O) groups excluding carboxylic acids is 2. The predicted octanol–water partition coefficient (Wildman–Crippen LogP) is 4.29. The monoisotopic (exact) mass is 641 g/mol. The average molecular weight is 641 g/mol. The first kappa shape index (κ1) is 27.0. The lowest BCUT2D eigenvalue weighted by Gasteiger charge is -2.21. The van der Waals surface area contributed by atoms with Gasteiger partial charge in [0.1, 0.15) is 6.10 Å². The van der Waals surface area contributed by atoms with Crippen molar-refractivity contribution >= 4 is 40.4 Å². The minimum atomic E-state index is -1.10. The van der Waals surface area contributed by atoms with Crippen LogP contribution in [0.4, 0.5) is 0 Å². The number of aromatic nitrogens is 2. The van der Waals surface area contributed by atoms with Gasteiger partial charge >= 0.3 is 11.9 Å². The van der Waals surface area contributed by atoms with Gasteiger partial charge in [0.25, 0.3) is 0 Å². The van der Waals surface area contributed by atoms with Crippen LogP contribution in [0.5, 0.6) is 5.88 Å². The maximum absolute atomic E-state index is 13.3. The molecule has 0 bridgehead atoms. The number of hydrogen-bond acceptors (Lipinski definition) is 7. The molecule has 1 heterocycles. The second kappa shape index (κ2) is 11.3. The molecule has 5 rings (SSSR count). The molecule has 202 valence electrons. The first-order valence-electron chi connectivity index (χ1n) is 12.8. The number of esters is 1. The fraction of sp³-hybridized carbons (Fsp3) is 0.345. The number of amides is 1. The quantitative estimate of drug-likeness (QED) is 0.201. The van der Waals surface area contributed by atoms with Crippen LogP contribution in [-0.2, 0) is 19.1 Å². The number of carboxylic acids is 1. The van der Waals surface area contributed by atoms with E-state index >= 15 is 0 Å². The van der Waals surface area contributed by atoms with Crippen LogP contribution in [0.25, 0.3) is 22.6 Å². The van der Waals surface area contributed by atoms with Crippen molar-refractivity contribution in [1.29, 1.82) is 0 Å². The highest BCUT2D eigenvalue weighted by atomic mass is 127. The van der Waals surface area contributed by atoms with E-state index in [4.69, 9.17) is 14.5 Å². The van der Waals surface area contributed by atoms with Crippen molar-refractivity contribution < 1.29 is 29.0 Å². The van der Waals surface area contributed by atoms with Crippen LogP contribution in [0.15, 0.2) is 66.7 Å². The Morgan fingerprint density at radius 2 is 1.62 bits per heavy atom. The molecule has 9 nitrogen and oxygen atoms in total. The first-order valence-corrected chi connectivity index (χ1v) is 14.1. The Balaban J connectivity index is 1.38. The van der Waals surface area contributed by atoms with Crippen LogP contribution < -0.4 is 10.1 Å². The molecular weight excluding hydrogens is 613 g/mol. The fourth-order valence-corrected chi connectivity index (χ4v) is 6.07. The summed E-state index contributed by atoms with van der Waals surface area (Å²) in [6.07, 6.45) is 0.211. The topological polar surface area (TPSA) is 128 Å². The summed E-state index contributed by atoms with van der Waals surface area (Å²) in [5.74, 6) is -3.07. The van der Waals surface area contributed by atoms with Crippen LogP contribution in [0.1, 0.15) is 26.2 Å². The molecule has 0 saturated heterocycles. The number of carbonyl (C=O) groups is 3. The first-order chi connectivity index (χ1) is 18.8. The third-order valence-electron chi connectivity index (χ3n) is 7.13. The van der Waals surface area contributed by atoms with Crippen LogP contribution in [-0.4, -0.2) is 55.1 Å². The summed E-state index contributed by atoms with van der Waals surface area (Å²) >= 11 is 2.10. The van der Waals surface area contributed by atoms with Crippen molar-refractivity contribution in [2.24, 2.45) is 11.8 Å². The number of aliphatic carboxylic acids is 1. The summed E-state index contributed by atoms with van der Waals surface area (Å²) in [6.45, 7) is 1.91. The maximum atomic E-state index is 13.3. The lowest BCUT2D eigenvalue weighted by Crippen LogP contribution is -2.49. The van der Waals surface area contributed by atoms with E-state index in [-0.39, 0.29) is 23.4 Å². The molecule has 0 spiro atoms. The SMILES string of the molecule is CCOC(=O)[C@@]1(NC(=O)[C@@H]2C[C@@H](Oc3cc(-c4ccccc4)nc(-c4ccccc4)n3)C[C@H]2C(=O)O)C[C@H]1I. The predicted molar refractivity (Wildman–Crippen MR) is 151 cm³/mol. The van der Waals surface area contributed by atoms with Gasteiger partial charge in [-0.25, -0.2) is 9.78 Å². The highest BCUT2D eigenvalue weighted by molar-refractivity contribution is 14.1. The summed E-state index contributed by atoms with van der Waals surface area (Å²) in [5, 5.41) is 12.7. The Kier molecular flexibility index (Phi) is 7.83. The lowest BCUT2D eigenvalue weighted by atomic mass is 9.95. The number of alkyl halides is 1. The van der Waals surface area contributed by atoms with E-state index in [1.54, 1.807) is 13.0 Å². The molecule has 3 aromatic rings. The smallest absolute Gasteiger partial charge is 0.332 e. The molecule has 0 aliphatic heterocycles. The molecule has 2 aromatic carbocycles. The summed E-state index contributed by atoms with van der Waals surface area (Å²) < 4.78 is 11.3. The summed E-state index contributed by atoms with van der Waals surface area (Å²) in [4.78, 5) is 47.2. The number of ether oxygens (including phenoxy) is 2. The third-order valence-corrected chi connectivity index (χ3v) is 8.63. The van der Waals surface area contributed by atoms with Crippen LogP contribution in [0, 0.1) is 11.8 Å². The Bertz CT molecular complexity index is 1310. The van der Waals surface area contributed by atoms with Crippen LogP contribution in [0.2, 0.25) is 0 Å². The van der Waals surface area contributed by atoms with Gasteiger partial charge in [0, 0.05) is 21.1 Å². The normalized spacial score (nSPS) is 25.5. The molecule has 1 aromatic heterocycles. The molecule has 2 fully saturated rings. The van der Waals surface area contributed by atoms with Gasteiger partial charge in [-0.1, -0.05) is 83.3 Å². The molecule has 0 unspecified atom stereocenters. The van der Waals surface area contributed by atoms with Crippen LogP contribution in [0.3, 0.4) is 0 Å². The zero-order valence-electron chi connectivity index (χ0n) is 21.2. The van der Waals surface area contributed by atoms with Gasteiger partial charge in [0.05, 0.1) is 24.1 Å². The second-order valence-electron chi connectivity index (χ2n) is 9.76. The zero-order valence-corrected chi connectivity index (χ0v) is 23.4. The molecular formula is C29H28IN3O6. The van der Waals surface area contributed by atoms with Crippen LogP contribution >= 0.6 is 22.6 Å². The van der Waals surface area contributed by atoms with E-state index in [0.29, 0.717) is 23.8 Å². The maximum Gasteiger partial charge on any atom is 0.332 e. The molecule has 0 radical (unpaired) electrons. The molecule has 39 heavy (non-hydrogen) atoms. The fourth-order valence-electron chi connectivity index (χ4n) is 4.97. The van der Waals surface area contributed by atoms with Gasteiger partial charge < -0.3 is 19.9 Å². The summed E-state index contributed by atoms with van der Waals surface area (Å²) in [5.41, 5.74) is 1.27. The number of nitrogens with one attached hydrogen (secondary N) is 1. The van der Waals surface area contributed by atoms with Crippen molar-refractivity contribution in [2.45, 2.75) is 41.8 Å². The number of halogens is 1. The Morgan fingerprint density at radius 3 is 2.21 bits per heavy atom. The molecule has 5 atom stereocenters. The van der Waals surface area contributed by atoms with E-state index < -0.39 is 41.3 Å². The average Bonchev–Trinajstić information content (AvgIpc) is 3.39. The van der Waals surface area contributed by atoms with Crippen molar-refractivity contribution in [3.8, 4) is 28.5 Å². The number of rotatable bonds is 9. The lowest BCUT2D eigenvalue weighted by molar-refractivity contribution is -0.150. The minimum Gasteiger partial charge on any atom is -0.481 e. The Hall–Kier alpha value is -3.54. The highest BCUT2D eigenvalue weighted by Gasteiger charge is 2.62. The van der Waals surface area contributed by atoms with Crippen molar-refractivity contribution in [1.82, 2.24) is 15.3 Å². The van der Waals surface area contributed by atoms with Gasteiger partial charge in [0.2, 0.25) is 11.8 Å². The summed E-state index contributed by atoms with van der Waals surface area (Å²) in [7, 11) is 0. The van der Waals surface area contributed by atoms with E-state index in [2.05, 4.69) is 32.9 Å². The van der Waals surface area contributed by atoms with Crippen molar-refractivity contribution in [2.75, 3.05) is 6.61 Å². The largest absolute Gasteiger partial charge is 0.481 e. The molecule has 10 heteroatoms. The second-order valence-corrected chi connectivity index (χ2v) is 11.3. The van der Waals surface area contributed by atoms with Gasteiger partial charge in [0.15, 0.2) is 11.4 Å². The number of hydrogen-bond donors (Lipinski definition) is 2. The summed E-state index contributed by atoms with van der Waals surface area (Å²) in [6, 6.07) is 20.9. The third kappa shape index (κ3) is 5.75. The Morgan fingerprint density at radius 1 is 1.00 bits per heavy atom.